The molecule has 0 aliphatic heterocycles. The number of aromatic nitrogens is 4. The van der Waals surface area contributed by atoms with Crippen LogP contribution in [0.15, 0.2) is 71.7 Å². The van der Waals surface area contributed by atoms with Crippen LogP contribution < -0.4 is 15.0 Å². The number of ether oxygens (including phenoxy) is 2. The zero-order valence-corrected chi connectivity index (χ0v) is 18.1. The number of pyridine rings is 2. The van der Waals surface area contributed by atoms with Gasteiger partial charge in [0.2, 0.25) is 5.88 Å². The molecule has 32 heavy (non-hydrogen) atoms. The van der Waals surface area contributed by atoms with E-state index >= 15 is 0 Å². The molecule has 0 fully saturated rings. The van der Waals surface area contributed by atoms with Gasteiger partial charge in [-0.2, -0.15) is 10.1 Å². The third-order valence-corrected chi connectivity index (χ3v) is 5.38. The SMILES string of the molecule is CCOc1ccc2cc(-c3ccc4nn(C)cc4c3)c(=O)n(-c3ccc(OC)cc3)c2n1. The molecule has 0 aliphatic rings. The molecule has 0 unspecified atom stereocenters. The zero-order valence-electron chi connectivity index (χ0n) is 18.1. The number of hydrogen-bond donors (Lipinski definition) is 0. The smallest absolute Gasteiger partial charge is 0.264 e. The summed E-state index contributed by atoms with van der Waals surface area (Å²) in [7, 11) is 3.50. The highest BCUT2D eigenvalue weighted by molar-refractivity contribution is 5.88. The first-order chi connectivity index (χ1) is 15.6. The van der Waals surface area contributed by atoms with Gasteiger partial charge < -0.3 is 9.47 Å². The molecule has 0 atom stereocenters. The maximum Gasteiger partial charge on any atom is 0.264 e. The lowest BCUT2D eigenvalue weighted by atomic mass is 10.0. The fourth-order valence-corrected chi connectivity index (χ4v) is 3.89. The van der Waals surface area contributed by atoms with Crippen LogP contribution in [0.4, 0.5) is 0 Å². The van der Waals surface area contributed by atoms with E-state index in [1.807, 2.05) is 80.8 Å². The van der Waals surface area contributed by atoms with Crippen LogP contribution in [0, 0.1) is 0 Å². The summed E-state index contributed by atoms with van der Waals surface area (Å²) in [6, 6.07) is 18.8. The molecular formula is C25H22N4O3. The van der Waals surface area contributed by atoms with Gasteiger partial charge in [-0.1, -0.05) is 6.07 Å². The average Bonchev–Trinajstić information content (AvgIpc) is 3.18. The highest BCUT2D eigenvalue weighted by atomic mass is 16.5. The minimum absolute atomic E-state index is 0.160. The van der Waals surface area contributed by atoms with Gasteiger partial charge in [0.1, 0.15) is 5.75 Å². The van der Waals surface area contributed by atoms with Gasteiger partial charge in [-0.3, -0.25) is 14.0 Å². The van der Waals surface area contributed by atoms with Crippen molar-refractivity contribution >= 4 is 21.9 Å². The summed E-state index contributed by atoms with van der Waals surface area (Å²) >= 11 is 0. The summed E-state index contributed by atoms with van der Waals surface area (Å²) < 4.78 is 14.3. The number of hydrogen-bond acceptors (Lipinski definition) is 5. The zero-order chi connectivity index (χ0) is 22.2. The maximum absolute atomic E-state index is 13.8. The highest BCUT2D eigenvalue weighted by Gasteiger charge is 2.15. The predicted octanol–water partition coefficient (Wildman–Crippen LogP) is 4.35. The molecule has 5 rings (SSSR count). The molecule has 0 amide bonds. The summed E-state index contributed by atoms with van der Waals surface area (Å²) in [5, 5.41) is 6.24. The second-order valence-electron chi connectivity index (χ2n) is 7.47. The first kappa shape index (κ1) is 19.8. The van der Waals surface area contributed by atoms with Gasteiger partial charge in [0.15, 0.2) is 5.65 Å². The number of aryl methyl sites for hydroxylation is 1. The van der Waals surface area contributed by atoms with Crippen molar-refractivity contribution in [1.29, 1.82) is 0 Å². The topological polar surface area (TPSA) is 71.2 Å². The summed E-state index contributed by atoms with van der Waals surface area (Å²) in [5.41, 5.74) is 3.38. The molecule has 0 bridgehead atoms. The Labute approximate surface area is 184 Å². The average molecular weight is 426 g/mol. The van der Waals surface area contributed by atoms with Crippen LogP contribution in [0.2, 0.25) is 0 Å². The number of benzene rings is 2. The Morgan fingerprint density at radius 1 is 0.969 bits per heavy atom. The normalized spacial score (nSPS) is 11.2. The standard InChI is InChI=1S/C25H22N4O3/c1-4-32-23-12-6-17-14-21(16-5-11-22-18(13-16)15-28(2)27-22)25(30)29(24(17)26-23)19-7-9-20(31-3)10-8-19/h5-15H,4H2,1-3H3. The Morgan fingerprint density at radius 2 is 1.78 bits per heavy atom. The third kappa shape index (κ3) is 3.37. The van der Waals surface area contributed by atoms with Crippen LogP contribution >= 0.6 is 0 Å². The first-order valence-electron chi connectivity index (χ1n) is 10.3. The van der Waals surface area contributed by atoms with Crippen LogP contribution in [-0.4, -0.2) is 33.0 Å². The van der Waals surface area contributed by atoms with E-state index in [9.17, 15) is 4.79 Å². The Balaban J connectivity index is 1.79. The largest absolute Gasteiger partial charge is 0.497 e. The Morgan fingerprint density at radius 3 is 2.53 bits per heavy atom. The van der Waals surface area contributed by atoms with Gasteiger partial charge in [0.05, 0.1) is 24.9 Å². The van der Waals surface area contributed by atoms with Crippen molar-refractivity contribution in [2.75, 3.05) is 13.7 Å². The Kier molecular flexibility index (Phi) is 4.86. The minimum Gasteiger partial charge on any atom is -0.497 e. The highest BCUT2D eigenvalue weighted by Crippen LogP contribution is 2.27. The van der Waals surface area contributed by atoms with E-state index in [0.29, 0.717) is 35.1 Å². The molecule has 160 valence electrons. The monoisotopic (exact) mass is 426 g/mol. The van der Waals surface area contributed by atoms with E-state index in [1.165, 1.54) is 0 Å². The molecule has 2 aromatic carbocycles. The maximum atomic E-state index is 13.8. The van der Waals surface area contributed by atoms with Crippen molar-refractivity contribution < 1.29 is 9.47 Å². The van der Waals surface area contributed by atoms with Crippen LogP contribution in [0.1, 0.15) is 6.92 Å². The van der Waals surface area contributed by atoms with Gasteiger partial charge in [-0.15, -0.1) is 0 Å². The molecule has 7 nitrogen and oxygen atoms in total. The summed E-state index contributed by atoms with van der Waals surface area (Å²) in [6.07, 6.45) is 1.94. The van der Waals surface area contributed by atoms with Crippen molar-refractivity contribution in [2.24, 2.45) is 7.05 Å². The van der Waals surface area contributed by atoms with Crippen LogP contribution in [0.5, 0.6) is 11.6 Å². The molecule has 0 N–H and O–H groups in total. The van der Waals surface area contributed by atoms with Crippen molar-refractivity contribution in [2.45, 2.75) is 6.92 Å². The fourth-order valence-electron chi connectivity index (χ4n) is 3.89. The number of rotatable bonds is 5. The predicted molar refractivity (Wildman–Crippen MR) is 125 cm³/mol. The third-order valence-electron chi connectivity index (χ3n) is 5.38. The van der Waals surface area contributed by atoms with Crippen molar-refractivity contribution in [3.8, 4) is 28.4 Å². The van der Waals surface area contributed by atoms with E-state index in [1.54, 1.807) is 16.4 Å². The second-order valence-corrected chi connectivity index (χ2v) is 7.47. The number of fused-ring (bicyclic) bond motifs is 2. The lowest BCUT2D eigenvalue weighted by Crippen LogP contribution is -2.21. The van der Waals surface area contributed by atoms with Gasteiger partial charge >= 0.3 is 0 Å². The molecule has 0 saturated heterocycles. The second kappa shape index (κ2) is 7.85. The molecule has 3 heterocycles. The molecule has 0 radical (unpaired) electrons. The lowest BCUT2D eigenvalue weighted by Gasteiger charge is -2.14. The molecule has 0 spiro atoms. The molecule has 0 saturated carbocycles. The number of methoxy groups -OCH3 is 1. The summed E-state index contributed by atoms with van der Waals surface area (Å²) in [6.45, 7) is 2.40. The molecule has 3 aromatic heterocycles. The van der Waals surface area contributed by atoms with Crippen LogP contribution in [-0.2, 0) is 7.05 Å². The number of nitrogens with zero attached hydrogens (tertiary/aromatic N) is 4. The van der Waals surface area contributed by atoms with E-state index in [0.717, 1.165) is 21.9 Å². The molecular weight excluding hydrogens is 404 g/mol. The van der Waals surface area contributed by atoms with Gasteiger partial charge in [-0.25, -0.2) is 0 Å². The van der Waals surface area contributed by atoms with Gasteiger partial charge in [0, 0.05) is 35.6 Å². The van der Waals surface area contributed by atoms with Crippen molar-refractivity contribution in [1.82, 2.24) is 19.3 Å². The Hall–Kier alpha value is -4.13. The van der Waals surface area contributed by atoms with E-state index in [4.69, 9.17) is 9.47 Å². The quantitative estimate of drug-likeness (QED) is 0.418. The van der Waals surface area contributed by atoms with Gasteiger partial charge in [-0.05, 0) is 61.0 Å². The minimum atomic E-state index is -0.160. The van der Waals surface area contributed by atoms with Crippen LogP contribution in [0.3, 0.4) is 0 Å². The molecule has 7 heteroatoms. The van der Waals surface area contributed by atoms with Gasteiger partial charge in [0.25, 0.3) is 5.56 Å². The summed E-state index contributed by atoms with van der Waals surface area (Å²) in [4.78, 5) is 18.4. The van der Waals surface area contributed by atoms with Crippen LogP contribution in [0.25, 0.3) is 38.8 Å². The van der Waals surface area contributed by atoms with Crippen molar-refractivity contribution in [3.63, 3.8) is 0 Å². The molecule has 5 aromatic rings. The summed E-state index contributed by atoms with van der Waals surface area (Å²) in [5.74, 6) is 1.19. The van der Waals surface area contributed by atoms with E-state index in [2.05, 4.69) is 10.1 Å². The Bertz CT molecular complexity index is 1500. The fraction of sp³-hybridized carbons (Fsp3) is 0.160. The molecule has 0 aliphatic carbocycles. The van der Waals surface area contributed by atoms with E-state index in [-0.39, 0.29) is 5.56 Å². The lowest BCUT2D eigenvalue weighted by molar-refractivity contribution is 0.328. The van der Waals surface area contributed by atoms with Crippen molar-refractivity contribution in [3.05, 3.63) is 77.2 Å². The van der Waals surface area contributed by atoms with E-state index < -0.39 is 0 Å². The first-order valence-corrected chi connectivity index (χ1v) is 10.3.